The van der Waals surface area contributed by atoms with Gasteiger partial charge in [-0.1, -0.05) is 11.6 Å². The van der Waals surface area contributed by atoms with Crippen LogP contribution in [0.1, 0.15) is 13.3 Å². The lowest BCUT2D eigenvalue weighted by Gasteiger charge is -2.18. The lowest BCUT2D eigenvalue weighted by molar-refractivity contribution is -0.119. The number of nitrogens with zero attached hydrogens (tertiary/aromatic N) is 1. The standard InChI is InChI=1S/C12H15BrClN3O3S/c1-7(18)16-9-2-3-17(6-9)21(19,20)11-5-8(14)4-10(15)12(11)13/h4-5,9H,2-3,6,15H2,1H3,(H,16,18). The number of nitrogens with one attached hydrogen (secondary N) is 1. The topological polar surface area (TPSA) is 92.5 Å². The van der Waals surface area contributed by atoms with Crippen molar-refractivity contribution in [3.8, 4) is 0 Å². The fourth-order valence-corrected chi connectivity index (χ4v) is 5.02. The smallest absolute Gasteiger partial charge is 0.244 e. The van der Waals surface area contributed by atoms with Crippen LogP contribution in [0, 0.1) is 0 Å². The first-order valence-electron chi connectivity index (χ1n) is 6.23. The Hall–Kier alpha value is -0.830. The molecule has 1 heterocycles. The summed E-state index contributed by atoms with van der Waals surface area (Å²) in [4.78, 5) is 11.1. The van der Waals surface area contributed by atoms with E-state index in [4.69, 9.17) is 17.3 Å². The number of anilines is 1. The number of carbonyl (C=O) groups excluding carboxylic acids is 1. The summed E-state index contributed by atoms with van der Waals surface area (Å²) in [6, 6.07) is 2.67. The molecule has 1 amide bonds. The molecule has 0 aromatic heterocycles. The van der Waals surface area contributed by atoms with E-state index in [0.29, 0.717) is 17.4 Å². The number of hydrogen-bond acceptors (Lipinski definition) is 4. The highest BCUT2D eigenvalue weighted by Crippen LogP contribution is 2.34. The number of nitrogens with two attached hydrogens (primary N) is 1. The molecule has 0 aliphatic carbocycles. The molecular weight excluding hydrogens is 382 g/mol. The van der Waals surface area contributed by atoms with Crippen molar-refractivity contribution in [3.05, 3.63) is 21.6 Å². The number of amides is 1. The van der Waals surface area contributed by atoms with E-state index in [1.165, 1.54) is 23.4 Å². The average molecular weight is 397 g/mol. The fraction of sp³-hybridized carbons (Fsp3) is 0.417. The summed E-state index contributed by atoms with van der Waals surface area (Å²) in [7, 11) is -3.71. The Balaban J connectivity index is 2.30. The lowest BCUT2D eigenvalue weighted by atomic mass is 10.3. The Morgan fingerprint density at radius 3 is 2.81 bits per heavy atom. The van der Waals surface area contributed by atoms with Crippen LogP contribution < -0.4 is 11.1 Å². The zero-order chi connectivity index (χ0) is 15.8. The van der Waals surface area contributed by atoms with Crippen molar-refractivity contribution in [1.29, 1.82) is 0 Å². The highest BCUT2D eigenvalue weighted by molar-refractivity contribution is 9.10. The number of sulfonamides is 1. The summed E-state index contributed by atoms with van der Waals surface area (Å²) in [6.45, 7) is 1.98. The minimum absolute atomic E-state index is 0.0379. The average Bonchev–Trinajstić information content (AvgIpc) is 2.81. The van der Waals surface area contributed by atoms with Gasteiger partial charge in [0.25, 0.3) is 0 Å². The molecule has 1 fully saturated rings. The molecule has 1 saturated heterocycles. The summed E-state index contributed by atoms with van der Waals surface area (Å²) in [6.07, 6.45) is 0.576. The predicted molar refractivity (Wildman–Crippen MR) is 84.5 cm³/mol. The Kier molecular flexibility index (Phi) is 4.82. The Morgan fingerprint density at radius 2 is 2.19 bits per heavy atom. The number of benzene rings is 1. The maximum atomic E-state index is 12.7. The minimum atomic E-state index is -3.71. The third-order valence-corrected chi connectivity index (χ3v) is 6.46. The van der Waals surface area contributed by atoms with Crippen LogP contribution in [0.4, 0.5) is 5.69 Å². The van der Waals surface area contributed by atoms with Crippen LogP contribution in [0.2, 0.25) is 5.02 Å². The third kappa shape index (κ3) is 3.50. The first kappa shape index (κ1) is 16.5. The van der Waals surface area contributed by atoms with E-state index in [-0.39, 0.29) is 34.1 Å². The first-order chi connectivity index (χ1) is 9.71. The van der Waals surface area contributed by atoms with Crippen LogP contribution in [0.15, 0.2) is 21.5 Å². The van der Waals surface area contributed by atoms with Gasteiger partial charge in [-0.05, 0) is 34.5 Å². The number of hydrogen-bond donors (Lipinski definition) is 2. The Morgan fingerprint density at radius 1 is 1.52 bits per heavy atom. The van der Waals surface area contributed by atoms with Crippen LogP contribution in [0.5, 0.6) is 0 Å². The number of nitrogen functional groups attached to an aromatic ring is 1. The molecule has 9 heteroatoms. The van der Waals surface area contributed by atoms with Crippen molar-refractivity contribution in [2.45, 2.75) is 24.3 Å². The van der Waals surface area contributed by atoms with E-state index in [1.54, 1.807) is 0 Å². The summed E-state index contributed by atoms with van der Waals surface area (Å²) in [5, 5.41) is 2.98. The van der Waals surface area contributed by atoms with Gasteiger partial charge in [-0.3, -0.25) is 4.79 Å². The second-order valence-electron chi connectivity index (χ2n) is 4.86. The molecule has 1 atom stereocenters. The summed E-state index contributed by atoms with van der Waals surface area (Å²) in [5.41, 5.74) is 6.00. The molecule has 1 aliphatic heterocycles. The van der Waals surface area contributed by atoms with Gasteiger partial charge in [-0.25, -0.2) is 8.42 Å². The summed E-state index contributed by atoms with van der Waals surface area (Å²) >= 11 is 9.09. The zero-order valence-electron chi connectivity index (χ0n) is 11.3. The van der Waals surface area contributed by atoms with Gasteiger partial charge >= 0.3 is 0 Å². The molecule has 2 rings (SSSR count). The van der Waals surface area contributed by atoms with Crippen molar-refractivity contribution in [2.75, 3.05) is 18.8 Å². The van der Waals surface area contributed by atoms with Crippen LogP contribution in [0.25, 0.3) is 0 Å². The molecule has 0 radical (unpaired) electrons. The second-order valence-corrected chi connectivity index (χ2v) is 7.99. The van der Waals surface area contributed by atoms with Gasteiger partial charge in [0.05, 0.1) is 9.37 Å². The maximum absolute atomic E-state index is 12.7. The zero-order valence-corrected chi connectivity index (χ0v) is 14.4. The van der Waals surface area contributed by atoms with E-state index in [0.717, 1.165) is 0 Å². The SMILES string of the molecule is CC(=O)NC1CCN(S(=O)(=O)c2cc(Cl)cc(N)c2Br)C1. The van der Waals surface area contributed by atoms with E-state index in [9.17, 15) is 13.2 Å². The van der Waals surface area contributed by atoms with Gasteiger partial charge in [0, 0.05) is 36.8 Å². The maximum Gasteiger partial charge on any atom is 0.244 e. The number of rotatable bonds is 3. The largest absolute Gasteiger partial charge is 0.398 e. The van der Waals surface area contributed by atoms with Gasteiger partial charge < -0.3 is 11.1 Å². The van der Waals surface area contributed by atoms with Gasteiger partial charge in [-0.2, -0.15) is 4.31 Å². The molecule has 1 aromatic rings. The van der Waals surface area contributed by atoms with Gasteiger partial charge in [-0.15, -0.1) is 0 Å². The van der Waals surface area contributed by atoms with Crippen LogP contribution >= 0.6 is 27.5 Å². The van der Waals surface area contributed by atoms with E-state index in [1.807, 2.05) is 0 Å². The molecule has 0 saturated carbocycles. The van der Waals surface area contributed by atoms with Crippen molar-refractivity contribution < 1.29 is 13.2 Å². The van der Waals surface area contributed by atoms with Crippen molar-refractivity contribution >= 4 is 49.1 Å². The highest BCUT2D eigenvalue weighted by Gasteiger charge is 2.34. The molecule has 0 bridgehead atoms. The van der Waals surface area contributed by atoms with Crippen molar-refractivity contribution in [1.82, 2.24) is 9.62 Å². The second kappa shape index (κ2) is 6.12. The Labute approximate surface area is 136 Å². The van der Waals surface area contributed by atoms with Crippen LogP contribution in [0.3, 0.4) is 0 Å². The minimum Gasteiger partial charge on any atom is -0.398 e. The van der Waals surface area contributed by atoms with Gasteiger partial charge in [0.2, 0.25) is 15.9 Å². The quantitative estimate of drug-likeness (QED) is 0.759. The first-order valence-corrected chi connectivity index (χ1v) is 8.84. The van der Waals surface area contributed by atoms with Crippen molar-refractivity contribution in [3.63, 3.8) is 0 Å². The molecule has 6 nitrogen and oxygen atoms in total. The third-order valence-electron chi connectivity index (χ3n) is 3.21. The van der Waals surface area contributed by atoms with E-state index in [2.05, 4.69) is 21.2 Å². The normalized spacial score (nSPS) is 19.7. The number of carbonyl (C=O) groups is 1. The number of halogens is 2. The van der Waals surface area contributed by atoms with E-state index >= 15 is 0 Å². The predicted octanol–water partition coefficient (Wildman–Crippen LogP) is 1.58. The molecule has 0 spiro atoms. The molecular formula is C12H15BrClN3O3S. The fourth-order valence-electron chi connectivity index (χ4n) is 2.26. The van der Waals surface area contributed by atoms with Crippen LogP contribution in [-0.4, -0.2) is 37.8 Å². The molecule has 1 aromatic carbocycles. The summed E-state index contributed by atoms with van der Waals surface area (Å²) in [5.74, 6) is -0.174. The lowest BCUT2D eigenvalue weighted by Crippen LogP contribution is -2.37. The molecule has 1 unspecified atom stereocenters. The van der Waals surface area contributed by atoms with E-state index < -0.39 is 10.0 Å². The molecule has 116 valence electrons. The van der Waals surface area contributed by atoms with Crippen LogP contribution in [-0.2, 0) is 14.8 Å². The van der Waals surface area contributed by atoms with Crippen molar-refractivity contribution in [2.24, 2.45) is 0 Å². The molecule has 21 heavy (non-hydrogen) atoms. The van der Waals surface area contributed by atoms with Gasteiger partial charge in [0.15, 0.2) is 0 Å². The summed E-state index contributed by atoms with van der Waals surface area (Å²) < 4.78 is 26.9. The Bertz CT molecular complexity index is 681. The van der Waals surface area contributed by atoms with Gasteiger partial charge in [0.1, 0.15) is 0 Å². The molecule has 3 N–H and O–H groups in total. The highest BCUT2D eigenvalue weighted by atomic mass is 79.9. The monoisotopic (exact) mass is 395 g/mol. The molecule has 1 aliphatic rings.